The van der Waals surface area contributed by atoms with Crippen LogP contribution in [-0.2, 0) is 0 Å². The largest absolute Gasteiger partial charge is 0.366 e. The molecule has 0 radical (unpaired) electrons. The van der Waals surface area contributed by atoms with Crippen molar-refractivity contribution in [3.05, 3.63) is 9.85 Å². The molecule has 0 aromatic carbocycles. The Morgan fingerprint density at radius 3 is 2.92 bits per heavy atom. The molecule has 1 N–H and O–H groups in total. The van der Waals surface area contributed by atoms with Gasteiger partial charge in [-0.1, -0.05) is 11.6 Å². The molecule has 0 saturated heterocycles. The molecule has 1 aromatic heterocycles. The van der Waals surface area contributed by atoms with Gasteiger partial charge in [0.15, 0.2) is 4.47 Å². The van der Waals surface area contributed by atoms with Crippen molar-refractivity contribution in [3.63, 3.8) is 0 Å². The number of halogens is 3. The molecule has 0 spiro atoms. The van der Waals surface area contributed by atoms with Crippen LogP contribution in [-0.4, -0.2) is 17.5 Å². The normalized spacial score (nSPS) is 26.5. The van der Waals surface area contributed by atoms with Gasteiger partial charge in [0.1, 0.15) is 5.82 Å². The third kappa shape index (κ3) is 2.08. The van der Waals surface area contributed by atoms with Crippen LogP contribution < -0.4 is 5.32 Å². The number of alkyl halides is 2. The van der Waals surface area contributed by atoms with Crippen molar-refractivity contribution in [2.75, 3.05) is 5.32 Å². The summed E-state index contributed by atoms with van der Waals surface area (Å²) < 4.78 is 24.6. The average Bonchev–Trinajstić information content (AvgIpc) is 2.69. The smallest absolute Gasteiger partial charge is 0.243 e. The highest BCUT2D eigenvalue weighted by atomic mass is 35.5. The number of nitrogens with one attached hydrogen (secondary N) is 1. The minimum absolute atomic E-state index is 0.127. The lowest BCUT2D eigenvalue weighted by Crippen LogP contribution is -2.08. The van der Waals surface area contributed by atoms with Crippen LogP contribution in [0.15, 0.2) is 5.38 Å². The van der Waals surface area contributed by atoms with E-state index in [2.05, 4.69) is 10.3 Å². The molecule has 1 aliphatic rings. The molecule has 0 unspecified atom stereocenters. The molecular weight excluding hydrogens is 218 g/mol. The Balaban J connectivity index is 1.88. The molecule has 1 fully saturated rings. The third-order valence-corrected chi connectivity index (χ3v) is 2.95. The topological polar surface area (TPSA) is 24.9 Å². The fourth-order valence-electron chi connectivity index (χ4n) is 1.17. The number of anilines is 1. The molecule has 2 nitrogen and oxygen atoms in total. The first kappa shape index (κ1) is 9.15. The zero-order valence-electron chi connectivity index (χ0n) is 6.51. The van der Waals surface area contributed by atoms with Crippen molar-refractivity contribution in [1.29, 1.82) is 0 Å². The second-order valence-electron chi connectivity index (χ2n) is 2.97. The number of nitrogens with zero attached hydrogens (tertiary/aromatic N) is 1. The van der Waals surface area contributed by atoms with E-state index in [0.717, 1.165) is 0 Å². The molecule has 2 rings (SSSR count). The molecule has 72 valence electrons. The van der Waals surface area contributed by atoms with Gasteiger partial charge >= 0.3 is 0 Å². The first-order chi connectivity index (χ1) is 6.16. The van der Waals surface area contributed by atoms with Crippen molar-refractivity contribution in [1.82, 2.24) is 4.98 Å². The van der Waals surface area contributed by atoms with Crippen LogP contribution in [0.25, 0.3) is 0 Å². The number of hydrogen-bond acceptors (Lipinski definition) is 3. The highest BCUT2D eigenvalue weighted by Crippen LogP contribution is 2.38. The van der Waals surface area contributed by atoms with E-state index in [0.29, 0.717) is 16.7 Å². The summed E-state index contributed by atoms with van der Waals surface area (Å²) in [6.45, 7) is 0. The Hall–Kier alpha value is -0.420. The summed E-state index contributed by atoms with van der Waals surface area (Å²) in [5.74, 6) is 0.0867. The Bertz CT molecular complexity index is 304. The number of hydrogen-bond donors (Lipinski definition) is 1. The van der Waals surface area contributed by atoms with Gasteiger partial charge in [0.25, 0.3) is 0 Å². The fraction of sp³-hybridized carbons (Fsp3) is 0.571. The van der Waals surface area contributed by atoms with E-state index >= 15 is 0 Å². The van der Waals surface area contributed by atoms with E-state index in [1.54, 1.807) is 5.38 Å². The number of aromatic nitrogens is 1. The zero-order chi connectivity index (χ0) is 9.42. The van der Waals surface area contributed by atoms with Crippen molar-refractivity contribution in [2.45, 2.75) is 18.9 Å². The van der Waals surface area contributed by atoms with Crippen LogP contribution >= 0.6 is 22.9 Å². The fourth-order valence-corrected chi connectivity index (χ4v) is 1.87. The van der Waals surface area contributed by atoms with Gasteiger partial charge in [-0.05, 0) is 6.42 Å². The summed E-state index contributed by atoms with van der Waals surface area (Å²) in [5, 5.41) is 4.63. The quantitative estimate of drug-likeness (QED) is 0.854. The van der Waals surface area contributed by atoms with E-state index in [1.165, 1.54) is 11.3 Å². The standard InChI is InChI=1S/C7H7ClF2N2S/c8-7-12-5(2-13-7)11-4-1-3(4)6(9)10/h2-4,6,11H,1H2/t3-,4-/m0/s1. The highest BCUT2D eigenvalue weighted by molar-refractivity contribution is 7.14. The van der Waals surface area contributed by atoms with Crippen molar-refractivity contribution >= 4 is 28.8 Å². The maximum Gasteiger partial charge on any atom is 0.243 e. The summed E-state index contributed by atoms with van der Waals surface area (Å²) >= 11 is 6.87. The van der Waals surface area contributed by atoms with E-state index in [9.17, 15) is 8.78 Å². The average molecular weight is 225 g/mol. The maximum absolute atomic E-state index is 12.1. The van der Waals surface area contributed by atoms with Gasteiger partial charge < -0.3 is 5.32 Å². The number of rotatable bonds is 3. The van der Waals surface area contributed by atoms with Gasteiger partial charge in [-0.3, -0.25) is 0 Å². The first-order valence-electron chi connectivity index (χ1n) is 3.82. The summed E-state index contributed by atoms with van der Waals surface area (Å²) in [6, 6.07) is -0.127. The Morgan fingerprint density at radius 1 is 1.69 bits per heavy atom. The summed E-state index contributed by atoms with van der Waals surface area (Å²) in [6.07, 6.45) is -1.71. The van der Waals surface area contributed by atoms with Crippen LogP contribution in [0.5, 0.6) is 0 Å². The lowest BCUT2D eigenvalue weighted by Gasteiger charge is -2.00. The van der Waals surface area contributed by atoms with Crippen LogP contribution in [0.1, 0.15) is 6.42 Å². The first-order valence-corrected chi connectivity index (χ1v) is 5.08. The zero-order valence-corrected chi connectivity index (χ0v) is 8.08. The molecule has 1 aliphatic carbocycles. The molecule has 13 heavy (non-hydrogen) atoms. The van der Waals surface area contributed by atoms with Gasteiger partial charge in [-0.2, -0.15) is 0 Å². The minimum Gasteiger partial charge on any atom is -0.366 e. The maximum atomic E-state index is 12.1. The predicted octanol–water partition coefficient (Wildman–Crippen LogP) is 2.86. The van der Waals surface area contributed by atoms with Crippen LogP contribution in [0.4, 0.5) is 14.6 Å². The lowest BCUT2D eigenvalue weighted by molar-refractivity contribution is 0.121. The molecular formula is C7H7ClF2N2S. The SMILES string of the molecule is FC(F)[C@H]1C[C@@H]1Nc1csc(Cl)n1. The second-order valence-corrected chi connectivity index (χ2v) is 4.41. The Kier molecular flexibility index (Phi) is 2.38. The molecule has 2 atom stereocenters. The lowest BCUT2D eigenvalue weighted by atomic mass is 10.4. The summed E-state index contributed by atoms with van der Waals surface area (Å²) in [4.78, 5) is 3.91. The van der Waals surface area contributed by atoms with Crippen LogP contribution in [0.3, 0.4) is 0 Å². The van der Waals surface area contributed by atoms with Gasteiger partial charge in [-0.15, -0.1) is 11.3 Å². The minimum atomic E-state index is -2.23. The predicted molar refractivity (Wildman–Crippen MR) is 48.6 cm³/mol. The van der Waals surface area contributed by atoms with Crippen molar-refractivity contribution in [2.24, 2.45) is 5.92 Å². The molecule has 1 heterocycles. The molecule has 0 bridgehead atoms. The Morgan fingerprint density at radius 2 is 2.46 bits per heavy atom. The van der Waals surface area contributed by atoms with Gasteiger partial charge in [0, 0.05) is 17.3 Å². The van der Waals surface area contributed by atoms with Gasteiger partial charge in [0.05, 0.1) is 0 Å². The molecule has 1 saturated carbocycles. The van der Waals surface area contributed by atoms with Crippen LogP contribution in [0, 0.1) is 5.92 Å². The number of thiazole rings is 1. The van der Waals surface area contributed by atoms with E-state index in [1.807, 2.05) is 0 Å². The second kappa shape index (κ2) is 3.38. The van der Waals surface area contributed by atoms with Crippen molar-refractivity contribution < 1.29 is 8.78 Å². The van der Waals surface area contributed by atoms with Gasteiger partial charge in [0.2, 0.25) is 6.43 Å². The summed E-state index contributed by atoms with van der Waals surface area (Å²) in [7, 11) is 0. The molecule has 6 heteroatoms. The highest BCUT2D eigenvalue weighted by Gasteiger charge is 2.44. The Labute approximate surface area is 82.9 Å². The molecule has 1 aromatic rings. The molecule has 0 aliphatic heterocycles. The summed E-state index contributed by atoms with van der Waals surface area (Å²) in [5.41, 5.74) is 0. The van der Waals surface area contributed by atoms with Crippen molar-refractivity contribution in [3.8, 4) is 0 Å². The monoisotopic (exact) mass is 224 g/mol. The van der Waals surface area contributed by atoms with Gasteiger partial charge in [-0.25, -0.2) is 13.8 Å². The van der Waals surface area contributed by atoms with E-state index in [-0.39, 0.29) is 6.04 Å². The van der Waals surface area contributed by atoms with E-state index in [4.69, 9.17) is 11.6 Å². The third-order valence-electron chi connectivity index (χ3n) is 1.97. The van der Waals surface area contributed by atoms with Crippen LogP contribution in [0.2, 0.25) is 4.47 Å². The van der Waals surface area contributed by atoms with E-state index < -0.39 is 12.3 Å². The molecule has 0 amide bonds.